The molecule has 1 aliphatic heterocycles. The molecule has 7 heteroatoms. The van der Waals surface area contributed by atoms with E-state index in [0.717, 1.165) is 42.8 Å². The molecule has 1 heterocycles. The monoisotopic (exact) mass is 361 g/mol. The Labute approximate surface area is 128 Å². The van der Waals surface area contributed by atoms with E-state index in [2.05, 4.69) is 30.9 Å². The number of nitrogens with zero attached hydrogens (tertiary/aromatic N) is 1. The summed E-state index contributed by atoms with van der Waals surface area (Å²) in [6.45, 7) is 6.86. The Morgan fingerprint density at radius 3 is 2.75 bits per heavy atom. The molecule has 0 spiro atoms. The summed E-state index contributed by atoms with van der Waals surface area (Å²) in [5.74, 6) is 0. The first-order valence-corrected chi connectivity index (χ1v) is 8.96. The number of nitrogens with one attached hydrogen (secondary N) is 2. The minimum Gasteiger partial charge on any atom is -0.314 e. The first kappa shape index (κ1) is 15.9. The van der Waals surface area contributed by atoms with Gasteiger partial charge in [-0.05, 0) is 24.6 Å². The first-order chi connectivity index (χ1) is 9.50. The highest BCUT2D eigenvalue weighted by molar-refractivity contribution is 9.10. The highest BCUT2D eigenvalue weighted by atomic mass is 79.9. The predicted molar refractivity (Wildman–Crippen MR) is 83.4 cm³/mol. The average Bonchev–Trinajstić information content (AvgIpc) is 2.42. The van der Waals surface area contributed by atoms with Gasteiger partial charge in [-0.2, -0.15) is 0 Å². The van der Waals surface area contributed by atoms with Crippen molar-refractivity contribution in [3.8, 4) is 0 Å². The van der Waals surface area contributed by atoms with Crippen LogP contribution in [0.1, 0.15) is 5.56 Å². The molecule has 112 valence electrons. The molecular formula is C13H20BrN3O2S. The zero-order valence-corrected chi connectivity index (χ0v) is 13.9. The van der Waals surface area contributed by atoms with Gasteiger partial charge in [-0.25, -0.2) is 13.1 Å². The van der Waals surface area contributed by atoms with Crippen LogP contribution >= 0.6 is 15.9 Å². The topological polar surface area (TPSA) is 61.4 Å². The van der Waals surface area contributed by atoms with Gasteiger partial charge in [0.05, 0.1) is 4.90 Å². The van der Waals surface area contributed by atoms with E-state index in [1.165, 1.54) is 0 Å². The lowest BCUT2D eigenvalue weighted by Gasteiger charge is -2.27. The number of piperazine rings is 1. The summed E-state index contributed by atoms with van der Waals surface area (Å²) in [5.41, 5.74) is 0.738. The predicted octanol–water partition coefficient (Wildman–Crippen LogP) is 0.941. The fourth-order valence-electron chi connectivity index (χ4n) is 2.23. The summed E-state index contributed by atoms with van der Waals surface area (Å²) in [4.78, 5) is 2.60. The molecule has 5 nitrogen and oxygen atoms in total. The van der Waals surface area contributed by atoms with Crippen LogP contribution in [-0.2, 0) is 10.0 Å². The second-order valence-electron chi connectivity index (χ2n) is 4.85. The lowest BCUT2D eigenvalue weighted by Crippen LogP contribution is -2.46. The number of hydrogen-bond donors (Lipinski definition) is 2. The maximum atomic E-state index is 12.3. The lowest BCUT2D eigenvalue weighted by molar-refractivity contribution is 0.245. The van der Waals surface area contributed by atoms with Crippen LogP contribution in [0.2, 0.25) is 0 Å². The quantitative estimate of drug-likeness (QED) is 0.819. The molecule has 0 unspecified atom stereocenters. The van der Waals surface area contributed by atoms with Gasteiger partial charge < -0.3 is 5.32 Å². The third-order valence-electron chi connectivity index (χ3n) is 3.44. The summed E-state index contributed by atoms with van der Waals surface area (Å²) >= 11 is 3.36. The fraction of sp³-hybridized carbons (Fsp3) is 0.538. The van der Waals surface area contributed by atoms with E-state index >= 15 is 0 Å². The second kappa shape index (κ2) is 7.00. The summed E-state index contributed by atoms with van der Waals surface area (Å²) < 4.78 is 28.1. The van der Waals surface area contributed by atoms with Gasteiger partial charge in [-0.3, -0.25) is 4.90 Å². The fourth-order valence-corrected chi connectivity index (χ4v) is 4.01. The van der Waals surface area contributed by atoms with E-state index in [-0.39, 0.29) is 0 Å². The van der Waals surface area contributed by atoms with Crippen molar-refractivity contribution in [1.82, 2.24) is 14.9 Å². The molecule has 0 radical (unpaired) electrons. The van der Waals surface area contributed by atoms with E-state index in [9.17, 15) is 8.42 Å². The molecule has 0 atom stereocenters. The van der Waals surface area contributed by atoms with Crippen LogP contribution in [0.25, 0.3) is 0 Å². The van der Waals surface area contributed by atoms with Crippen molar-refractivity contribution in [2.24, 2.45) is 0 Å². The lowest BCUT2D eigenvalue weighted by atomic mass is 10.2. The van der Waals surface area contributed by atoms with E-state index in [4.69, 9.17) is 0 Å². The second-order valence-corrected chi connectivity index (χ2v) is 7.44. The van der Waals surface area contributed by atoms with Crippen molar-refractivity contribution in [3.05, 3.63) is 28.2 Å². The molecule has 0 amide bonds. The van der Waals surface area contributed by atoms with Gasteiger partial charge in [0.2, 0.25) is 10.0 Å². The summed E-state index contributed by atoms with van der Waals surface area (Å²) in [7, 11) is -3.44. The largest absolute Gasteiger partial charge is 0.314 e. The van der Waals surface area contributed by atoms with Crippen molar-refractivity contribution < 1.29 is 8.42 Å². The van der Waals surface area contributed by atoms with Gasteiger partial charge in [0.25, 0.3) is 0 Å². The highest BCUT2D eigenvalue weighted by Gasteiger charge is 2.18. The normalized spacial score (nSPS) is 17.3. The van der Waals surface area contributed by atoms with E-state index < -0.39 is 10.0 Å². The summed E-state index contributed by atoms with van der Waals surface area (Å²) in [6.07, 6.45) is 0. The van der Waals surface area contributed by atoms with Crippen LogP contribution in [0, 0.1) is 6.92 Å². The molecule has 20 heavy (non-hydrogen) atoms. The number of rotatable bonds is 5. The molecule has 1 aliphatic rings. The molecule has 1 saturated heterocycles. The van der Waals surface area contributed by atoms with E-state index in [0.29, 0.717) is 11.4 Å². The van der Waals surface area contributed by atoms with Crippen molar-refractivity contribution in [2.75, 3.05) is 39.3 Å². The minimum atomic E-state index is -3.44. The zero-order valence-electron chi connectivity index (χ0n) is 11.5. The smallest absolute Gasteiger partial charge is 0.240 e. The molecule has 1 fully saturated rings. The Bertz CT molecular complexity index is 557. The number of halogens is 1. The Morgan fingerprint density at radius 1 is 1.35 bits per heavy atom. The van der Waals surface area contributed by atoms with Gasteiger partial charge in [0, 0.05) is 43.7 Å². The van der Waals surface area contributed by atoms with Crippen LogP contribution in [0.15, 0.2) is 27.6 Å². The minimum absolute atomic E-state index is 0.340. The Morgan fingerprint density at radius 2 is 2.05 bits per heavy atom. The van der Waals surface area contributed by atoms with Crippen LogP contribution in [0.5, 0.6) is 0 Å². The van der Waals surface area contributed by atoms with E-state index in [1.807, 2.05) is 6.07 Å². The highest BCUT2D eigenvalue weighted by Crippen LogP contribution is 2.22. The standard InChI is InChI=1S/C13H20BrN3O2S/c1-11-12(14)3-2-4-13(11)20(18,19)16-7-10-17-8-5-15-6-9-17/h2-4,15-16H,5-10H2,1H3. The van der Waals surface area contributed by atoms with E-state index in [1.54, 1.807) is 19.1 Å². The molecule has 1 aromatic rings. The Balaban J connectivity index is 1.95. The third-order valence-corrected chi connectivity index (χ3v) is 5.90. The van der Waals surface area contributed by atoms with Crippen LogP contribution in [-0.4, -0.2) is 52.6 Å². The summed E-state index contributed by atoms with van der Waals surface area (Å²) in [5, 5.41) is 3.28. The van der Waals surface area contributed by atoms with Crippen LogP contribution in [0.4, 0.5) is 0 Å². The SMILES string of the molecule is Cc1c(Br)cccc1S(=O)(=O)NCCN1CCNCC1. The molecule has 0 saturated carbocycles. The van der Waals surface area contributed by atoms with Crippen molar-refractivity contribution in [3.63, 3.8) is 0 Å². The zero-order chi connectivity index (χ0) is 14.6. The first-order valence-electron chi connectivity index (χ1n) is 6.68. The van der Waals surface area contributed by atoms with Gasteiger partial charge >= 0.3 is 0 Å². The molecule has 1 aromatic carbocycles. The average molecular weight is 362 g/mol. The Kier molecular flexibility index (Phi) is 5.57. The summed E-state index contributed by atoms with van der Waals surface area (Å²) in [6, 6.07) is 5.21. The number of hydrogen-bond acceptors (Lipinski definition) is 4. The van der Waals surface area contributed by atoms with Gasteiger partial charge in [0.1, 0.15) is 0 Å². The molecule has 0 aliphatic carbocycles. The van der Waals surface area contributed by atoms with Gasteiger partial charge in [-0.1, -0.05) is 22.0 Å². The van der Waals surface area contributed by atoms with Gasteiger partial charge in [-0.15, -0.1) is 0 Å². The van der Waals surface area contributed by atoms with Crippen LogP contribution in [0.3, 0.4) is 0 Å². The van der Waals surface area contributed by atoms with Crippen LogP contribution < -0.4 is 10.0 Å². The number of sulfonamides is 1. The molecular weight excluding hydrogens is 342 g/mol. The van der Waals surface area contributed by atoms with Crippen molar-refractivity contribution in [1.29, 1.82) is 0 Å². The maximum absolute atomic E-state index is 12.3. The number of benzene rings is 1. The van der Waals surface area contributed by atoms with Crippen molar-refractivity contribution >= 4 is 26.0 Å². The molecule has 2 rings (SSSR count). The Hall–Kier alpha value is -0.470. The maximum Gasteiger partial charge on any atom is 0.240 e. The van der Waals surface area contributed by atoms with Crippen molar-refractivity contribution in [2.45, 2.75) is 11.8 Å². The molecule has 0 aromatic heterocycles. The third kappa shape index (κ3) is 4.02. The van der Waals surface area contributed by atoms with Gasteiger partial charge in [0.15, 0.2) is 0 Å². The molecule has 0 bridgehead atoms. The molecule has 2 N–H and O–H groups in total.